The van der Waals surface area contributed by atoms with Crippen LogP contribution in [0.3, 0.4) is 0 Å². The minimum atomic E-state index is -1.16. The number of primary amides is 1. The highest BCUT2D eigenvalue weighted by Gasteiger charge is 2.34. The molecule has 0 saturated carbocycles. The fourth-order valence-corrected chi connectivity index (χ4v) is 3.75. The van der Waals surface area contributed by atoms with E-state index in [1.165, 1.54) is 25.1 Å². The topological polar surface area (TPSA) is 92.5 Å². The summed E-state index contributed by atoms with van der Waals surface area (Å²) in [5.41, 5.74) is 6.65. The molecule has 3 amide bonds. The number of nitrogens with zero attached hydrogens (tertiary/aromatic N) is 1. The van der Waals surface area contributed by atoms with Crippen molar-refractivity contribution in [2.75, 3.05) is 14.1 Å². The third-order valence-corrected chi connectivity index (χ3v) is 5.63. The van der Waals surface area contributed by atoms with Crippen molar-refractivity contribution in [2.45, 2.75) is 18.9 Å². The molecule has 0 spiro atoms. The quantitative estimate of drug-likeness (QED) is 0.533. The average molecular weight is 435 g/mol. The van der Waals surface area contributed by atoms with Crippen molar-refractivity contribution in [3.05, 3.63) is 83.7 Å². The fourth-order valence-electron chi connectivity index (χ4n) is 3.75. The van der Waals surface area contributed by atoms with E-state index in [9.17, 15) is 18.8 Å². The molecule has 7 heteroatoms. The second kappa shape index (κ2) is 10.0. The molecule has 3 aromatic rings. The zero-order valence-corrected chi connectivity index (χ0v) is 18.0. The first-order valence-corrected chi connectivity index (χ1v) is 10.3. The monoisotopic (exact) mass is 435 g/mol. The van der Waals surface area contributed by atoms with E-state index in [1.54, 1.807) is 18.2 Å². The maximum absolute atomic E-state index is 14.2. The van der Waals surface area contributed by atoms with Gasteiger partial charge in [0.25, 0.3) is 0 Å². The second-order valence-electron chi connectivity index (χ2n) is 7.72. The lowest BCUT2D eigenvalue weighted by Gasteiger charge is -2.29. The lowest BCUT2D eigenvalue weighted by atomic mass is 9.94. The number of likely N-dealkylation sites (N-methyl/N-ethyl adjacent to an activating group) is 2. The number of carbonyl (C=O) groups excluding carboxylic acids is 3. The van der Waals surface area contributed by atoms with Gasteiger partial charge in [-0.15, -0.1) is 0 Å². The summed E-state index contributed by atoms with van der Waals surface area (Å²) in [6.45, 7) is 0. The molecule has 0 bridgehead atoms. The molecular formula is C25H26FN3O3. The summed E-state index contributed by atoms with van der Waals surface area (Å²) in [7, 11) is 2.87. The zero-order valence-electron chi connectivity index (χ0n) is 18.0. The van der Waals surface area contributed by atoms with E-state index in [0.29, 0.717) is 5.56 Å². The number of rotatable bonds is 8. The summed E-state index contributed by atoms with van der Waals surface area (Å²) in [5, 5.41) is 4.53. The van der Waals surface area contributed by atoms with Crippen molar-refractivity contribution < 1.29 is 18.8 Å². The highest BCUT2D eigenvalue weighted by Crippen LogP contribution is 2.20. The van der Waals surface area contributed by atoms with Gasteiger partial charge in [-0.3, -0.25) is 14.4 Å². The molecule has 0 heterocycles. The number of nitrogens with two attached hydrogens (primary N) is 1. The van der Waals surface area contributed by atoms with Gasteiger partial charge in [0.1, 0.15) is 17.8 Å². The Kier molecular flexibility index (Phi) is 7.20. The Hall–Kier alpha value is -3.74. The van der Waals surface area contributed by atoms with Crippen LogP contribution < -0.4 is 11.1 Å². The van der Waals surface area contributed by atoms with Gasteiger partial charge < -0.3 is 16.0 Å². The fraction of sp³-hybridized carbons (Fsp3) is 0.240. The van der Waals surface area contributed by atoms with Crippen molar-refractivity contribution in [1.29, 1.82) is 0 Å². The van der Waals surface area contributed by atoms with E-state index in [2.05, 4.69) is 5.32 Å². The molecule has 3 aromatic carbocycles. The Morgan fingerprint density at radius 1 is 0.969 bits per heavy atom. The minimum absolute atomic E-state index is 0.0317. The zero-order chi connectivity index (χ0) is 23.3. The molecule has 2 unspecified atom stereocenters. The molecule has 6 nitrogen and oxygen atoms in total. The van der Waals surface area contributed by atoms with Gasteiger partial charge in [0.05, 0.1) is 0 Å². The number of amides is 3. The molecule has 0 aromatic heterocycles. The third-order valence-electron chi connectivity index (χ3n) is 5.63. The van der Waals surface area contributed by atoms with Crippen LogP contribution in [0.2, 0.25) is 0 Å². The van der Waals surface area contributed by atoms with Crippen LogP contribution in [0.1, 0.15) is 11.1 Å². The normalized spacial score (nSPS) is 12.7. The number of carbonyl (C=O) groups is 3. The molecule has 166 valence electrons. The highest BCUT2D eigenvalue weighted by atomic mass is 19.1. The Morgan fingerprint density at radius 3 is 2.28 bits per heavy atom. The average Bonchev–Trinajstić information content (AvgIpc) is 2.80. The van der Waals surface area contributed by atoms with Gasteiger partial charge >= 0.3 is 0 Å². The van der Waals surface area contributed by atoms with Crippen LogP contribution in [0, 0.1) is 11.7 Å². The lowest BCUT2D eigenvalue weighted by Crippen LogP contribution is -2.52. The summed E-state index contributed by atoms with van der Waals surface area (Å²) in [4.78, 5) is 39.2. The molecule has 0 aliphatic rings. The van der Waals surface area contributed by atoms with Gasteiger partial charge in [-0.25, -0.2) is 4.39 Å². The van der Waals surface area contributed by atoms with Crippen LogP contribution in [-0.4, -0.2) is 42.8 Å². The molecule has 0 aliphatic heterocycles. The highest BCUT2D eigenvalue weighted by molar-refractivity contribution is 6.01. The van der Waals surface area contributed by atoms with Crippen molar-refractivity contribution in [2.24, 2.45) is 11.7 Å². The van der Waals surface area contributed by atoms with Crippen LogP contribution in [0.25, 0.3) is 10.8 Å². The number of nitrogens with one attached hydrogen (secondary N) is 1. The van der Waals surface area contributed by atoms with Gasteiger partial charge in [0, 0.05) is 20.5 Å². The summed E-state index contributed by atoms with van der Waals surface area (Å²) < 4.78 is 14.2. The number of halogens is 1. The first-order valence-electron chi connectivity index (χ1n) is 10.3. The van der Waals surface area contributed by atoms with Crippen LogP contribution in [-0.2, 0) is 27.2 Å². The van der Waals surface area contributed by atoms with Gasteiger partial charge in [-0.05, 0) is 34.4 Å². The number of benzene rings is 3. The van der Waals surface area contributed by atoms with Crippen LogP contribution in [0.5, 0.6) is 0 Å². The summed E-state index contributed by atoms with van der Waals surface area (Å²) in [6.07, 6.45) is 0.0690. The van der Waals surface area contributed by atoms with Gasteiger partial charge in [0.2, 0.25) is 17.7 Å². The van der Waals surface area contributed by atoms with Gasteiger partial charge in [-0.1, -0.05) is 60.7 Å². The van der Waals surface area contributed by atoms with E-state index >= 15 is 0 Å². The molecule has 2 atom stereocenters. The lowest BCUT2D eigenvalue weighted by molar-refractivity contribution is -0.145. The summed E-state index contributed by atoms with van der Waals surface area (Å²) in [5.74, 6) is -3.45. The number of hydrogen-bond acceptors (Lipinski definition) is 3. The molecule has 0 radical (unpaired) electrons. The van der Waals surface area contributed by atoms with Crippen molar-refractivity contribution in [3.8, 4) is 0 Å². The number of fused-ring (bicyclic) bond motifs is 1. The second-order valence-corrected chi connectivity index (χ2v) is 7.72. The van der Waals surface area contributed by atoms with E-state index < -0.39 is 35.5 Å². The SMILES string of the molecule is CNC(=O)C(Cc1ccccc1F)N(C)C(=O)C(Cc1ccc2ccccc2c1)C(N)=O. The molecule has 32 heavy (non-hydrogen) atoms. The van der Waals surface area contributed by atoms with E-state index in [1.807, 2.05) is 42.5 Å². The van der Waals surface area contributed by atoms with Crippen molar-refractivity contribution >= 4 is 28.5 Å². The molecule has 3 N–H and O–H groups in total. The van der Waals surface area contributed by atoms with Gasteiger partial charge in [-0.2, -0.15) is 0 Å². The smallest absolute Gasteiger partial charge is 0.242 e. The Balaban J connectivity index is 1.85. The van der Waals surface area contributed by atoms with Crippen LogP contribution >= 0.6 is 0 Å². The van der Waals surface area contributed by atoms with E-state index in [4.69, 9.17) is 5.73 Å². The Morgan fingerprint density at radius 2 is 1.62 bits per heavy atom. The molecule has 0 saturated heterocycles. The summed E-state index contributed by atoms with van der Waals surface area (Å²) in [6, 6.07) is 18.5. The predicted molar refractivity (Wildman–Crippen MR) is 121 cm³/mol. The predicted octanol–water partition coefficient (Wildman–Crippen LogP) is 2.44. The molecule has 3 rings (SSSR count). The molecule has 0 aliphatic carbocycles. The van der Waals surface area contributed by atoms with Crippen LogP contribution in [0.4, 0.5) is 4.39 Å². The third kappa shape index (κ3) is 5.11. The van der Waals surface area contributed by atoms with E-state index in [0.717, 1.165) is 16.3 Å². The molecular weight excluding hydrogens is 409 g/mol. The largest absolute Gasteiger partial charge is 0.369 e. The van der Waals surface area contributed by atoms with Gasteiger partial charge in [0.15, 0.2) is 0 Å². The van der Waals surface area contributed by atoms with E-state index in [-0.39, 0.29) is 12.8 Å². The standard InChI is InChI=1S/C25H26FN3O3/c1-28-24(31)22(15-19-9-5-6-10-21(19)26)29(2)25(32)20(23(27)30)14-16-11-12-17-7-3-4-8-18(17)13-16/h3-13,20,22H,14-15H2,1-2H3,(H2,27,30)(H,28,31). The summed E-state index contributed by atoms with van der Waals surface area (Å²) >= 11 is 0. The van der Waals surface area contributed by atoms with Crippen molar-refractivity contribution in [3.63, 3.8) is 0 Å². The maximum atomic E-state index is 14.2. The minimum Gasteiger partial charge on any atom is -0.369 e. The molecule has 0 fully saturated rings. The Labute approximate surface area is 186 Å². The Bertz CT molecular complexity index is 1150. The van der Waals surface area contributed by atoms with Crippen molar-refractivity contribution in [1.82, 2.24) is 10.2 Å². The van der Waals surface area contributed by atoms with Crippen LogP contribution in [0.15, 0.2) is 66.7 Å². The first-order chi connectivity index (χ1) is 15.3. The first kappa shape index (κ1) is 22.9. The maximum Gasteiger partial charge on any atom is 0.242 e. The number of hydrogen-bond donors (Lipinski definition) is 2.